The largest absolute Gasteiger partial charge is 0.378 e. The van der Waals surface area contributed by atoms with Crippen molar-refractivity contribution < 1.29 is 4.74 Å². The molecule has 0 N–H and O–H groups in total. The van der Waals surface area contributed by atoms with E-state index in [4.69, 9.17) is 4.74 Å². The Kier molecular flexibility index (Phi) is 5.57. The summed E-state index contributed by atoms with van der Waals surface area (Å²) in [4.78, 5) is 24.9. The first kappa shape index (κ1) is 18.9. The normalized spacial score (nSPS) is 18.4. The van der Waals surface area contributed by atoms with Crippen LogP contribution in [-0.4, -0.2) is 72.4 Å². The van der Waals surface area contributed by atoms with Gasteiger partial charge in [-0.1, -0.05) is 0 Å². The zero-order valence-electron chi connectivity index (χ0n) is 17.0. The van der Waals surface area contributed by atoms with Crippen molar-refractivity contribution in [3.05, 3.63) is 30.0 Å². The minimum Gasteiger partial charge on any atom is -0.378 e. The Morgan fingerprint density at radius 1 is 0.929 bits per heavy atom. The Balaban J connectivity index is 1.40. The molecule has 0 atom stereocenters. The van der Waals surface area contributed by atoms with E-state index in [2.05, 4.69) is 53.8 Å². The molecule has 150 valence electrons. The summed E-state index contributed by atoms with van der Waals surface area (Å²) in [7, 11) is 2.14. The van der Waals surface area contributed by atoms with Gasteiger partial charge in [-0.3, -0.25) is 0 Å². The number of morpholine rings is 1. The molecule has 0 spiro atoms. The summed E-state index contributed by atoms with van der Waals surface area (Å²) in [6, 6.07) is 4.65. The number of aromatic nitrogens is 4. The molecule has 0 aliphatic carbocycles. The fourth-order valence-corrected chi connectivity index (χ4v) is 4.02. The van der Waals surface area contributed by atoms with Crippen LogP contribution in [0.5, 0.6) is 0 Å². The number of ether oxygens (including phenoxy) is 1. The maximum atomic E-state index is 5.45. The highest BCUT2D eigenvalue weighted by Crippen LogP contribution is 2.25. The van der Waals surface area contributed by atoms with E-state index in [1.54, 1.807) is 6.33 Å². The number of aryl methyl sites for hydroxylation is 2. The van der Waals surface area contributed by atoms with Gasteiger partial charge in [0.05, 0.1) is 13.2 Å². The topological polar surface area (TPSA) is 70.5 Å². The highest BCUT2D eigenvalue weighted by atomic mass is 16.5. The SMILES string of the molecule is Cc1cc(N2CCC(N(C)c3cc(N4CCOCC4)ncn3)CC2)nc(C)n1. The molecule has 2 aromatic heterocycles. The molecule has 0 unspecified atom stereocenters. The first-order valence-corrected chi connectivity index (χ1v) is 10.0. The molecule has 0 saturated carbocycles. The van der Waals surface area contributed by atoms with E-state index in [1.807, 2.05) is 13.8 Å². The van der Waals surface area contributed by atoms with Gasteiger partial charge >= 0.3 is 0 Å². The van der Waals surface area contributed by atoms with Crippen LogP contribution >= 0.6 is 0 Å². The Morgan fingerprint density at radius 3 is 2.36 bits per heavy atom. The van der Waals surface area contributed by atoms with Crippen LogP contribution in [0.25, 0.3) is 0 Å². The molecule has 8 heteroatoms. The van der Waals surface area contributed by atoms with Crippen molar-refractivity contribution in [3.63, 3.8) is 0 Å². The van der Waals surface area contributed by atoms with Gasteiger partial charge in [0.25, 0.3) is 0 Å². The number of piperidine rings is 1. The molecule has 0 aromatic carbocycles. The van der Waals surface area contributed by atoms with Gasteiger partial charge in [0.2, 0.25) is 0 Å². The maximum absolute atomic E-state index is 5.45. The van der Waals surface area contributed by atoms with Crippen molar-refractivity contribution in [3.8, 4) is 0 Å². The van der Waals surface area contributed by atoms with Crippen LogP contribution in [0.4, 0.5) is 17.5 Å². The van der Waals surface area contributed by atoms with E-state index in [9.17, 15) is 0 Å². The molecular weight excluding hydrogens is 354 g/mol. The molecule has 2 aliphatic rings. The third kappa shape index (κ3) is 4.16. The van der Waals surface area contributed by atoms with E-state index in [0.717, 1.165) is 81.2 Å². The van der Waals surface area contributed by atoms with Crippen molar-refractivity contribution in [2.75, 3.05) is 61.1 Å². The smallest absolute Gasteiger partial charge is 0.134 e. The van der Waals surface area contributed by atoms with Gasteiger partial charge < -0.3 is 19.4 Å². The highest BCUT2D eigenvalue weighted by molar-refractivity contribution is 5.51. The van der Waals surface area contributed by atoms with Crippen LogP contribution in [0.3, 0.4) is 0 Å². The van der Waals surface area contributed by atoms with Crippen molar-refractivity contribution in [1.82, 2.24) is 19.9 Å². The van der Waals surface area contributed by atoms with Gasteiger partial charge in [0, 0.05) is 57.1 Å². The predicted octanol–water partition coefficient (Wildman–Crippen LogP) is 1.83. The maximum Gasteiger partial charge on any atom is 0.134 e. The molecule has 2 aromatic rings. The molecule has 2 aliphatic heterocycles. The first-order chi connectivity index (χ1) is 13.6. The zero-order valence-corrected chi connectivity index (χ0v) is 17.0. The van der Waals surface area contributed by atoms with E-state index < -0.39 is 0 Å². The zero-order chi connectivity index (χ0) is 19.5. The average molecular weight is 384 g/mol. The lowest BCUT2D eigenvalue weighted by molar-refractivity contribution is 0.122. The molecule has 4 heterocycles. The van der Waals surface area contributed by atoms with Crippen LogP contribution in [0.15, 0.2) is 18.5 Å². The lowest BCUT2D eigenvalue weighted by Gasteiger charge is -2.38. The quantitative estimate of drug-likeness (QED) is 0.792. The summed E-state index contributed by atoms with van der Waals surface area (Å²) in [6.07, 6.45) is 3.84. The Labute approximate surface area is 166 Å². The number of nitrogens with zero attached hydrogens (tertiary/aromatic N) is 7. The molecule has 2 saturated heterocycles. The van der Waals surface area contributed by atoms with Crippen LogP contribution in [0.1, 0.15) is 24.4 Å². The van der Waals surface area contributed by atoms with Crippen molar-refractivity contribution in [2.24, 2.45) is 0 Å². The second kappa shape index (κ2) is 8.26. The Hall–Kier alpha value is -2.48. The molecule has 4 rings (SSSR count). The van der Waals surface area contributed by atoms with Gasteiger partial charge in [0.1, 0.15) is 29.6 Å². The fraction of sp³-hybridized carbons (Fsp3) is 0.600. The predicted molar refractivity (Wildman–Crippen MR) is 110 cm³/mol. The molecule has 2 fully saturated rings. The number of anilines is 3. The summed E-state index contributed by atoms with van der Waals surface area (Å²) in [5, 5.41) is 0. The summed E-state index contributed by atoms with van der Waals surface area (Å²) in [5.74, 6) is 3.86. The van der Waals surface area contributed by atoms with E-state index >= 15 is 0 Å². The summed E-state index contributed by atoms with van der Waals surface area (Å²) in [5.41, 5.74) is 1.03. The van der Waals surface area contributed by atoms with Gasteiger partial charge in [-0.25, -0.2) is 19.9 Å². The molecule has 8 nitrogen and oxygen atoms in total. The Bertz CT molecular complexity index is 781. The van der Waals surface area contributed by atoms with Gasteiger partial charge in [-0.15, -0.1) is 0 Å². The lowest BCUT2D eigenvalue weighted by Crippen LogP contribution is -2.44. The first-order valence-electron chi connectivity index (χ1n) is 10.0. The number of hydrogen-bond donors (Lipinski definition) is 0. The second-order valence-electron chi connectivity index (χ2n) is 7.58. The van der Waals surface area contributed by atoms with Crippen molar-refractivity contribution >= 4 is 17.5 Å². The van der Waals surface area contributed by atoms with Crippen LogP contribution in [0.2, 0.25) is 0 Å². The summed E-state index contributed by atoms with van der Waals surface area (Å²) >= 11 is 0. The average Bonchev–Trinajstić information content (AvgIpc) is 2.73. The lowest BCUT2D eigenvalue weighted by atomic mass is 10.0. The number of hydrogen-bond acceptors (Lipinski definition) is 8. The molecular formula is C20H29N7O. The molecule has 0 amide bonds. The molecule has 0 bridgehead atoms. The third-order valence-corrected chi connectivity index (χ3v) is 5.62. The van der Waals surface area contributed by atoms with E-state index in [1.165, 1.54) is 0 Å². The summed E-state index contributed by atoms with van der Waals surface area (Å²) < 4.78 is 5.45. The number of rotatable bonds is 4. The standard InChI is InChI=1S/C20H29N7O/c1-15-12-20(24-16(2)23-15)26-6-4-17(5-7-26)25(3)18-13-19(22-14-21-18)27-8-10-28-11-9-27/h12-14,17H,4-11H2,1-3H3. The van der Waals surface area contributed by atoms with Gasteiger partial charge in [0.15, 0.2) is 0 Å². The third-order valence-electron chi connectivity index (χ3n) is 5.62. The van der Waals surface area contributed by atoms with Gasteiger partial charge in [-0.05, 0) is 26.7 Å². The monoisotopic (exact) mass is 383 g/mol. The van der Waals surface area contributed by atoms with Gasteiger partial charge in [-0.2, -0.15) is 0 Å². The molecule has 0 radical (unpaired) electrons. The van der Waals surface area contributed by atoms with Crippen LogP contribution in [-0.2, 0) is 4.74 Å². The highest BCUT2D eigenvalue weighted by Gasteiger charge is 2.25. The minimum atomic E-state index is 0.465. The van der Waals surface area contributed by atoms with Crippen molar-refractivity contribution in [1.29, 1.82) is 0 Å². The fourth-order valence-electron chi connectivity index (χ4n) is 4.02. The van der Waals surface area contributed by atoms with Crippen LogP contribution in [0, 0.1) is 13.8 Å². The van der Waals surface area contributed by atoms with E-state index in [-0.39, 0.29) is 0 Å². The second-order valence-corrected chi connectivity index (χ2v) is 7.58. The molecule has 28 heavy (non-hydrogen) atoms. The van der Waals surface area contributed by atoms with E-state index in [0.29, 0.717) is 6.04 Å². The summed E-state index contributed by atoms with van der Waals surface area (Å²) in [6.45, 7) is 9.26. The van der Waals surface area contributed by atoms with Crippen molar-refractivity contribution in [2.45, 2.75) is 32.7 Å². The minimum absolute atomic E-state index is 0.465. The Morgan fingerprint density at radius 2 is 1.64 bits per heavy atom. The van der Waals surface area contributed by atoms with Crippen LogP contribution < -0.4 is 14.7 Å².